The van der Waals surface area contributed by atoms with Crippen molar-refractivity contribution in [1.29, 1.82) is 0 Å². The van der Waals surface area contributed by atoms with Gasteiger partial charge in [0.1, 0.15) is 5.75 Å². The van der Waals surface area contributed by atoms with Crippen LogP contribution in [-0.2, 0) is 16.1 Å². The van der Waals surface area contributed by atoms with E-state index in [0.29, 0.717) is 11.3 Å². The van der Waals surface area contributed by atoms with Crippen LogP contribution >= 0.6 is 0 Å². The molecule has 0 aromatic heterocycles. The maximum absolute atomic E-state index is 12.5. The number of rotatable bonds is 6. The van der Waals surface area contributed by atoms with Crippen LogP contribution in [0.3, 0.4) is 0 Å². The van der Waals surface area contributed by atoms with Gasteiger partial charge in [0.2, 0.25) is 0 Å². The van der Waals surface area contributed by atoms with E-state index in [9.17, 15) is 23.5 Å². The van der Waals surface area contributed by atoms with Gasteiger partial charge in [-0.1, -0.05) is 30.3 Å². The zero-order chi connectivity index (χ0) is 20.1. The summed E-state index contributed by atoms with van der Waals surface area (Å²) in [6.07, 6.45) is -1.09. The van der Waals surface area contributed by atoms with Gasteiger partial charge in [-0.2, -0.15) is 8.78 Å². The van der Waals surface area contributed by atoms with Gasteiger partial charge in [0, 0.05) is 25.2 Å². The van der Waals surface area contributed by atoms with Gasteiger partial charge in [-0.05, 0) is 29.8 Å². The number of amides is 2. The van der Waals surface area contributed by atoms with Crippen LogP contribution in [-0.4, -0.2) is 36.1 Å². The minimum atomic E-state index is -2.96. The number of anilines is 1. The van der Waals surface area contributed by atoms with Crippen LogP contribution < -0.4 is 15.0 Å². The van der Waals surface area contributed by atoms with Gasteiger partial charge < -0.3 is 24.8 Å². The van der Waals surface area contributed by atoms with Gasteiger partial charge in [-0.3, -0.25) is 4.79 Å². The largest absolute Gasteiger partial charge is 0.435 e. The van der Waals surface area contributed by atoms with Crippen molar-refractivity contribution in [2.24, 2.45) is 0 Å². The van der Waals surface area contributed by atoms with E-state index in [2.05, 4.69) is 10.1 Å². The van der Waals surface area contributed by atoms with E-state index < -0.39 is 24.4 Å². The lowest BCUT2D eigenvalue weighted by Crippen LogP contribution is -2.46. The molecule has 1 atom stereocenters. The molecular formula is C19H18F2N2O5. The Kier molecular flexibility index (Phi) is 5.74. The van der Waals surface area contributed by atoms with Crippen LogP contribution in [0.25, 0.3) is 0 Å². The first kappa shape index (κ1) is 19.6. The van der Waals surface area contributed by atoms with Crippen molar-refractivity contribution in [2.45, 2.75) is 25.4 Å². The molecule has 0 unspecified atom stereocenters. The molecule has 0 bridgehead atoms. The summed E-state index contributed by atoms with van der Waals surface area (Å²) in [4.78, 5) is 25.8. The molecule has 2 N–H and O–H groups in total. The van der Waals surface area contributed by atoms with Crippen molar-refractivity contribution in [3.05, 3.63) is 60.2 Å². The topological polar surface area (TPSA) is 88.1 Å². The molecule has 1 aliphatic heterocycles. The van der Waals surface area contributed by atoms with E-state index in [-0.39, 0.29) is 25.3 Å². The number of hydrogen-bond donors (Lipinski definition) is 2. The molecule has 0 saturated carbocycles. The molecular weight excluding hydrogens is 374 g/mol. The average molecular weight is 392 g/mol. The Bertz CT molecular complexity index is 849. The minimum absolute atomic E-state index is 0.0502. The predicted molar refractivity (Wildman–Crippen MR) is 94.8 cm³/mol. The number of halogens is 2. The highest BCUT2D eigenvalue weighted by Crippen LogP contribution is 2.29. The highest BCUT2D eigenvalue weighted by atomic mass is 19.3. The normalized spacial score (nSPS) is 19.0. The van der Waals surface area contributed by atoms with E-state index in [0.717, 1.165) is 0 Å². The Morgan fingerprint density at radius 2 is 1.96 bits per heavy atom. The third-order valence-electron chi connectivity index (χ3n) is 4.14. The lowest BCUT2D eigenvalue weighted by atomic mass is 10.2. The summed E-state index contributed by atoms with van der Waals surface area (Å²) in [5, 5.41) is 12.8. The highest BCUT2D eigenvalue weighted by molar-refractivity contribution is 6.01. The second kappa shape index (κ2) is 8.22. The first-order chi connectivity index (χ1) is 13.4. The lowest BCUT2D eigenvalue weighted by molar-refractivity contribution is -0.175. The molecule has 7 nitrogen and oxygen atoms in total. The molecule has 2 aromatic rings. The van der Waals surface area contributed by atoms with Crippen molar-refractivity contribution in [2.75, 3.05) is 11.4 Å². The second-order valence-electron chi connectivity index (χ2n) is 6.10. The smallest absolute Gasteiger partial charge is 0.410 e. The van der Waals surface area contributed by atoms with E-state index in [1.54, 1.807) is 36.4 Å². The zero-order valence-electron chi connectivity index (χ0n) is 14.7. The molecule has 1 aliphatic rings. The van der Waals surface area contributed by atoms with Crippen LogP contribution in [0.1, 0.15) is 12.0 Å². The van der Waals surface area contributed by atoms with Gasteiger partial charge in [0.15, 0.2) is 0 Å². The summed E-state index contributed by atoms with van der Waals surface area (Å²) in [6.45, 7) is -2.82. The maximum atomic E-state index is 12.5. The number of carbonyl (C=O) groups excluding carboxylic acids is 2. The fourth-order valence-corrected chi connectivity index (χ4v) is 2.83. The van der Waals surface area contributed by atoms with Crippen molar-refractivity contribution in [1.82, 2.24) is 5.32 Å². The van der Waals surface area contributed by atoms with Gasteiger partial charge in [-0.15, -0.1) is 0 Å². The molecule has 9 heteroatoms. The number of hydrogen-bond acceptors (Lipinski definition) is 5. The molecule has 2 amide bonds. The second-order valence-corrected chi connectivity index (χ2v) is 6.10. The van der Waals surface area contributed by atoms with Crippen molar-refractivity contribution < 1.29 is 33.0 Å². The third kappa shape index (κ3) is 4.55. The Hall–Kier alpha value is -3.20. The molecule has 0 spiro atoms. The number of alkyl halides is 2. The molecule has 0 aliphatic carbocycles. The highest BCUT2D eigenvalue weighted by Gasteiger charge is 2.49. The summed E-state index contributed by atoms with van der Waals surface area (Å²) >= 11 is 0. The third-order valence-corrected chi connectivity index (χ3v) is 4.14. The van der Waals surface area contributed by atoms with Crippen molar-refractivity contribution >= 4 is 17.7 Å². The van der Waals surface area contributed by atoms with Gasteiger partial charge in [-0.25, -0.2) is 4.79 Å². The molecule has 3 rings (SSSR count). The number of ether oxygens (including phenoxy) is 2. The number of alkyl carbamates (subject to hydrolysis) is 1. The van der Waals surface area contributed by atoms with Crippen molar-refractivity contribution in [3.8, 4) is 5.75 Å². The summed E-state index contributed by atoms with van der Waals surface area (Å²) in [5.74, 6) is -3.05. The number of nitrogens with zero attached hydrogens (tertiary/aromatic N) is 1. The molecule has 1 heterocycles. The molecule has 2 aromatic carbocycles. The van der Waals surface area contributed by atoms with Crippen LogP contribution in [0, 0.1) is 0 Å². The van der Waals surface area contributed by atoms with Crippen LogP contribution in [0.5, 0.6) is 5.75 Å². The average Bonchev–Trinajstić information content (AvgIpc) is 2.95. The summed E-state index contributed by atoms with van der Waals surface area (Å²) in [7, 11) is 0. The Balaban J connectivity index is 1.57. The quantitative estimate of drug-likeness (QED) is 0.738. The number of para-hydroxylation sites is 1. The maximum Gasteiger partial charge on any atom is 0.410 e. The molecule has 28 heavy (non-hydrogen) atoms. The van der Waals surface area contributed by atoms with Gasteiger partial charge in [0.05, 0.1) is 0 Å². The first-order valence-electron chi connectivity index (χ1n) is 8.47. The van der Waals surface area contributed by atoms with Gasteiger partial charge in [0.25, 0.3) is 11.7 Å². The number of nitrogens with one attached hydrogen (secondary N) is 1. The molecule has 1 saturated heterocycles. The first-order valence-corrected chi connectivity index (χ1v) is 8.47. The monoisotopic (exact) mass is 392 g/mol. The molecule has 1 fully saturated rings. The SMILES string of the molecule is O=C(NCc1cccc(OC(F)F)c1)O[C@@]1(O)CCN(c2ccccc2)C1=O. The zero-order valence-corrected chi connectivity index (χ0v) is 14.7. The Morgan fingerprint density at radius 3 is 2.68 bits per heavy atom. The summed E-state index contributed by atoms with van der Waals surface area (Å²) in [6, 6.07) is 14.5. The van der Waals surface area contributed by atoms with Crippen LogP contribution in [0.15, 0.2) is 54.6 Å². The lowest BCUT2D eigenvalue weighted by Gasteiger charge is -2.22. The van der Waals surface area contributed by atoms with Crippen LogP contribution in [0.2, 0.25) is 0 Å². The molecule has 0 radical (unpaired) electrons. The number of carbonyl (C=O) groups is 2. The number of benzene rings is 2. The standard InChI is InChI=1S/C19H18F2N2O5/c20-17(21)27-15-8-4-5-13(11-15)12-22-18(25)28-19(26)9-10-23(16(19)24)14-6-2-1-3-7-14/h1-8,11,17,26H,9-10,12H2,(H,22,25)/t19-/m0/s1. The summed E-state index contributed by atoms with van der Waals surface area (Å²) in [5.41, 5.74) is 1.06. The molecule has 148 valence electrons. The van der Waals surface area contributed by atoms with Crippen LogP contribution in [0.4, 0.5) is 19.3 Å². The van der Waals surface area contributed by atoms with Gasteiger partial charge >= 0.3 is 12.7 Å². The predicted octanol–water partition coefficient (Wildman–Crippen LogP) is 2.64. The fourth-order valence-electron chi connectivity index (χ4n) is 2.83. The minimum Gasteiger partial charge on any atom is -0.435 e. The fraction of sp³-hybridized carbons (Fsp3) is 0.263. The Morgan fingerprint density at radius 1 is 1.21 bits per heavy atom. The van der Waals surface area contributed by atoms with E-state index in [4.69, 9.17) is 4.74 Å². The Labute approximate surface area is 159 Å². The van der Waals surface area contributed by atoms with E-state index >= 15 is 0 Å². The van der Waals surface area contributed by atoms with Crippen molar-refractivity contribution in [3.63, 3.8) is 0 Å². The number of aliphatic hydroxyl groups is 1. The summed E-state index contributed by atoms with van der Waals surface area (Å²) < 4.78 is 33.7. The van der Waals surface area contributed by atoms with E-state index in [1.165, 1.54) is 23.1 Å². The van der Waals surface area contributed by atoms with E-state index in [1.807, 2.05) is 0 Å².